The number of carbonyl (C=O) groups is 1. The zero-order valence-corrected chi connectivity index (χ0v) is 13.3. The molecule has 0 aromatic heterocycles. The topological polar surface area (TPSA) is 90.0 Å². The lowest BCUT2D eigenvalue weighted by molar-refractivity contribution is -0.142. The first-order valence-electron chi connectivity index (χ1n) is 7.65. The Bertz CT molecular complexity index is 460. The van der Waals surface area contributed by atoms with Crippen molar-refractivity contribution < 1.29 is 18.3 Å². The molecule has 2 saturated heterocycles. The molecule has 0 bridgehead atoms. The number of carboxylic acids is 1. The summed E-state index contributed by atoms with van der Waals surface area (Å²) >= 11 is 0. The third kappa shape index (κ3) is 4.38. The molecule has 0 saturated carbocycles. The molecule has 7 nitrogen and oxygen atoms in total. The fraction of sp³-hybridized carbons (Fsp3) is 0.923. The Morgan fingerprint density at radius 1 is 1.24 bits per heavy atom. The quantitative estimate of drug-likeness (QED) is 0.750. The molecule has 1 atom stereocenters. The SMILES string of the molecule is CCN1CCCC(NS(=O)(=O)N2CCC(C(=O)O)CC2)C1. The van der Waals surface area contributed by atoms with E-state index >= 15 is 0 Å². The molecule has 2 fully saturated rings. The minimum atomic E-state index is -3.50. The molecule has 0 radical (unpaired) electrons. The summed E-state index contributed by atoms with van der Waals surface area (Å²) in [6.07, 6.45) is 2.65. The van der Waals surface area contributed by atoms with Crippen LogP contribution in [0, 0.1) is 5.92 Å². The summed E-state index contributed by atoms with van der Waals surface area (Å²) < 4.78 is 28.9. The van der Waals surface area contributed by atoms with Crippen LogP contribution < -0.4 is 4.72 Å². The summed E-state index contributed by atoms with van der Waals surface area (Å²) in [6.45, 7) is 5.36. The molecule has 2 aliphatic heterocycles. The lowest BCUT2D eigenvalue weighted by atomic mass is 9.99. The van der Waals surface area contributed by atoms with Crippen LogP contribution in [0.1, 0.15) is 32.6 Å². The Morgan fingerprint density at radius 2 is 1.90 bits per heavy atom. The number of hydrogen-bond acceptors (Lipinski definition) is 4. The summed E-state index contributed by atoms with van der Waals surface area (Å²) in [5, 5.41) is 8.96. The number of likely N-dealkylation sites (tertiary alicyclic amines) is 1. The molecule has 8 heteroatoms. The molecule has 2 aliphatic rings. The molecular formula is C13H25N3O4S. The zero-order valence-electron chi connectivity index (χ0n) is 12.5. The molecule has 1 unspecified atom stereocenters. The molecule has 0 aliphatic carbocycles. The minimum absolute atomic E-state index is 0.0408. The third-order valence-corrected chi connectivity index (χ3v) is 6.09. The van der Waals surface area contributed by atoms with Crippen molar-refractivity contribution >= 4 is 16.2 Å². The minimum Gasteiger partial charge on any atom is -0.481 e. The van der Waals surface area contributed by atoms with Crippen molar-refractivity contribution in [3.63, 3.8) is 0 Å². The second-order valence-corrected chi connectivity index (χ2v) is 7.57. The first kappa shape index (κ1) is 16.7. The van der Waals surface area contributed by atoms with Gasteiger partial charge in [0.1, 0.15) is 0 Å². The van der Waals surface area contributed by atoms with Gasteiger partial charge >= 0.3 is 5.97 Å². The van der Waals surface area contributed by atoms with Gasteiger partial charge in [0, 0.05) is 25.7 Å². The van der Waals surface area contributed by atoms with Gasteiger partial charge in [0.2, 0.25) is 0 Å². The van der Waals surface area contributed by atoms with E-state index in [4.69, 9.17) is 5.11 Å². The van der Waals surface area contributed by atoms with E-state index < -0.39 is 22.1 Å². The highest BCUT2D eigenvalue weighted by Gasteiger charge is 2.33. The van der Waals surface area contributed by atoms with Crippen molar-refractivity contribution in [2.75, 3.05) is 32.7 Å². The molecule has 0 spiro atoms. The molecule has 2 N–H and O–H groups in total. The van der Waals surface area contributed by atoms with E-state index in [-0.39, 0.29) is 19.1 Å². The molecule has 0 aromatic carbocycles. The van der Waals surface area contributed by atoms with Crippen LogP contribution in [0.25, 0.3) is 0 Å². The van der Waals surface area contributed by atoms with E-state index in [2.05, 4.69) is 16.5 Å². The van der Waals surface area contributed by atoms with Crippen LogP contribution in [0.4, 0.5) is 0 Å². The van der Waals surface area contributed by atoms with Crippen molar-refractivity contribution in [2.24, 2.45) is 5.92 Å². The van der Waals surface area contributed by atoms with E-state index in [0.717, 1.165) is 32.5 Å². The predicted octanol–water partition coefficient (Wildman–Crippen LogP) is 0.102. The summed E-state index contributed by atoms with van der Waals surface area (Å²) in [6, 6.07) is -0.0408. The van der Waals surface area contributed by atoms with Crippen LogP contribution in [-0.2, 0) is 15.0 Å². The van der Waals surface area contributed by atoms with Gasteiger partial charge in [-0.15, -0.1) is 0 Å². The first-order valence-corrected chi connectivity index (χ1v) is 9.09. The van der Waals surface area contributed by atoms with Crippen LogP contribution in [0.15, 0.2) is 0 Å². The number of rotatable bonds is 5. The van der Waals surface area contributed by atoms with Crippen molar-refractivity contribution in [2.45, 2.75) is 38.6 Å². The van der Waals surface area contributed by atoms with Crippen LogP contribution >= 0.6 is 0 Å². The Hall–Kier alpha value is -0.700. The van der Waals surface area contributed by atoms with Crippen molar-refractivity contribution in [3.8, 4) is 0 Å². The Labute approximate surface area is 126 Å². The van der Waals surface area contributed by atoms with Crippen LogP contribution in [0.3, 0.4) is 0 Å². The largest absolute Gasteiger partial charge is 0.481 e. The van der Waals surface area contributed by atoms with E-state index in [0.29, 0.717) is 12.8 Å². The third-order valence-electron chi connectivity index (χ3n) is 4.41. The van der Waals surface area contributed by atoms with E-state index in [1.54, 1.807) is 0 Å². The predicted molar refractivity (Wildman–Crippen MR) is 79.1 cm³/mol. The van der Waals surface area contributed by atoms with Gasteiger partial charge in [0.15, 0.2) is 0 Å². The molecule has 0 amide bonds. The van der Waals surface area contributed by atoms with Gasteiger partial charge in [-0.25, -0.2) is 0 Å². The standard InChI is InChI=1S/C13H25N3O4S/c1-2-15-7-3-4-12(10-15)14-21(19,20)16-8-5-11(6-9-16)13(17)18/h11-12,14H,2-10H2,1H3,(H,17,18). The average Bonchev–Trinajstić information content (AvgIpc) is 2.47. The summed E-state index contributed by atoms with van der Waals surface area (Å²) in [4.78, 5) is 13.2. The number of hydrogen-bond donors (Lipinski definition) is 2. The Balaban J connectivity index is 1.89. The maximum Gasteiger partial charge on any atom is 0.306 e. The molecule has 122 valence electrons. The second-order valence-electron chi connectivity index (χ2n) is 5.87. The van der Waals surface area contributed by atoms with E-state index in [1.807, 2.05) is 0 Å². The van der Waals surface area contributed by atoms with Crippen molar-refractivity contribution in [1.29, 1.82) is 0 Å². The smallest absolute Gasteiger partial charge is 0.306 e. The van der Waals surface area contributed by atoms with Crippen molar-refractivity contribution in [1.82, 2.24) is 13.9 Å². The molecular weight excluding hydrogens is 294 g/mol. The number of nitrogens with zero attached hydrogens (tertiary/aromatic N) is 2. The van der Waals surface area contributed by atoms with Gasteiger partial charge in [-0.05, 0) is 38.8 Å². The van der Waals surface area contributed by atoms with E-state index in [1.165, 1.54) is 4.31 Å². The highest BCUT2D eigenvalue weighted by atomic mass is 32.2. The van der Waals surface area contributed by atoms with Crippen LogP contribution in [-0.4, -0.2) is 67.5 Å². The maximum atomic E-state index is 12.4. The monoisotopic (exact) mass is 319 g/mol. The average molecular weight is 319 g/mol. The van der Waals surface area contributed by atoms with E-state index in [9.17, 15) is 13.2 Å². The summed E-state index contributed by atoms with van der Waals surface area (Å²) in [5.74, 6) is -1.24. The Morgan fingerprint density at radius 3 is 2.48 bits per heavy atom. The van der Waals surface area contributed by atoms with Gasteiger partial charge in [-0.2, -0.15) is 17.4 Å². The van der Waals surface area contributed by atoms with Gasteiger partial charge in [0.25, 0.3) is 10.2 Å². The van der Waals surface area contributed by atoms with Crippen LogP contribution in [0.2, 0.25) is 0 Å². The molecule has 0 aromatic rings. The molecule has 21 heavy (non-hydrogen) atoms. The fourth-order valence-corrected chi connectivity index (χ4v) is 4.52. The van der Waals surface area contributed by atoms with Gasteiger partial charge in [0.05, 0.1) is 5.92 Å². The van der Waals surface area contributed by atoms with Gasteiger partial charge in [-0.3, -0.25) is 4.79 Å². The number of carboxylic acid groups (broad SMARTS) is 1. The van der Waals surface area contributed by atoms with Gasteiger partial charge < -0.3 is 10.0 Å². The fourth-order valence-electron chi connectivity index (χ4n) is 3.07. The number of aliphatic carboxylic acids is 1. The number of piperidine rings is 2. The summed E-state index contributed by atoms with van der Waals surface area (Å²) in [7, 11) is -3.50. The number of likely N-dealkylation sites (N-methyl/N-ethyl adjacent to an activating group) is 1. The highest BCUT2D eigenvalue weighted by molar-refractivity contribution is 7.87. The lowest BCUT2D eigenvalue weighted by Crippen LogP contribution is -2.53. The molecule has 2 rings (SSSR count). The highest BCUT2D eigenvalue weighted by Crippen LogP contribution is 2.20. The maximum absolute atomic E-state index is 12.4. The normalized spacial score (nSPS) is 26.8. The first-order chi connectivity index (χ1) is 9.92. The van der Waals surface area contributed by atoms with Crippen LogP contribution in [0.5, 0.6) is 0 Å². The van der Waals surface area contributed by atoms with Crippen molar-refractivity contribution in [3.05, 3.63) is 0 Å². The van der Waals surface area contributed by atoms with Gasteiger partial charge in [-0.1, -0.05) is 6.92 Å². The second kappa shape index (κ2) is 7.04. The number of nitrogens with one attached hydrogen (secondary N) is 1. The Kier molecular flexibility index (Phi) is 5.59. The zero-order chi connectivity index (χ0) is 15.5. The molecule has 2 heterocycles. The summed E-state index contributed by atoms with van der Waals surface area (Å²) in [5.41, 5.74) is 0. The lowest BCUT2D eigenvalue weighted by Gasteiger charge is -2.35.